The summed E-state index contributed by atoms with van der Waals surface area (Å²) in [5.74, 6) is -1.07. The van der Waals surface area contributed by atoms with Gasteiger partial charge in [0, 0.05) is 24.2 Å². The average molecular weight is 358 g/mol. The maximum atomic E-state index is 13.0. The first-order valence-corrected chi connectivity index (χ1v) is 9.07. The number of imide groups is 1. The van der Waals surface area contributed by atoms with Gasteiger partial charge in [0.1, 0.15) is 6.04 Å². The van der Waals surface area contributed by atoms with Gasteiger partial charge in [0.15, 0.2) is 0 Å². The Bertz CT molecular complexity index is 853. The van der Waals surface area contributed by atoms with Gasteiger partial charge in [-0.15, -0.1) is 0 Å². The Morgan fingerprint density at radius 3 is 2.50 bits per heavy atom. The molecule has 2 N–H and O–H groups in total. The summed E-state index contributed by atoms with van der Waals surface area (Å²) in [6, 6.07) is -0.564. The first kappa shape index (κ1) is 17.0. The van der Waals surface area contributed by atoms with Crippen molar-refractivity contribution < 1.29 is 14.4 Å². The van der Waals surface area contributed by atoms with Crippen molar-refractivity contribution >= 4 is 17.7 Å². The lowest BCUT2D eigenvalue weighted by atomic mass is 10.0. The minimum atomic E-state index is -0.696. The smallest absolute Gasteiger partial charge is 0.256 e. The number of aromatic nitrogens is 1. The van der Waals surface area contributed by atoms with Crippen molar-refractivity contribution in [2.75, 3.05) is 13.1 Å². The van der Waals surface area contributed by atoms with Crippen molar-refractivity contribution in [3.63, 3.8) is 0 Å². The second-order valence-corrected chi connectivity index (χ2v) is 7.26. The topological polar surface area (TPSA) is 101 Å². The molecule has 2 saturated heterocycles. The molecule has 0 unspecified atom stereocenters. The summed E-state index contributed by atoms with van der Waals surface area (Å²) in [4.78, 5) is 50.9. The second kappa shape index (κ2) is 6.35. The highest BCUT2D eigenvalue weighted by atomic mass is 16.2. The number of carbonyl (C=O) groups is 3. The molecule has 0 bridgehead atoms. The zero-order valence-electron chi connectivity index (χ0n) is 14.7. The molecule has 4 heterocycles. The van der Waals surface area contributed by atoms with Crippen LogP contribution in [0.3, 0.4) is 0 Å². The van der Waals surface area contributed by atoms with Crippen LogP contribution in [0.2, 0.25) is 0 Å². The molecule has 4 rings (SSSR count). The van der Waals surface area contributed by atoms with Gasteiger partial charge in [0.2, 0.25) is 11.8 Å². The molecule has 0 radical (unpaired) electrons. The SMILES string of the molecule is Cc1cn(C2CCNCC2)c(=O)c2c1C(=O)N([C@@H]1CCC(=O)NC1=O)C2. The van der Waals surface area contributed by atoms with Crippen LogP contribution in [-0.2, 0) is 16.1 Å². The summed E-state index contributed by atoms with van der Waals surface area (Å²) in [5, 5.41) is 5.57. The maximum absolute atomic E-state index is 13.0. The number of hydrogen-bond donors (Lipinski definition) is 2. The lowest BCUT2D eigenvalue weighted by Gasteiger charge is -2.29. The molecule has 8 heteroatoms. The lowest BCUT2D eigenvalue weighted by Crippen LogP contribution is -2.52. The average Bonchev–Trinajstić information content (AvgIpc) is 2.97. The molecular weight excluding hydrogens is 336 g/mol. The Labute approximate surface area is 150 Å². The lowest BCUT2D eigenvalue weighted by molar-refractivity contribution is -0.136. The number of aryl methyl sites for hydroxylation is 1. The molecule has 2 fully saturated rings. The summed E-state index contributed by atoms with van der Waals surface area (Å²) >= 11 is 0. The van der Waals surface area contributed by atoms with Crippen LogP contribution >= 0.6 is 0 Å². The van der Waals surface area contributed by atoms with Crippen LogP contribution in [0.4, 0.5) is 0 Å². The molecule has 3 amide bonds. The van der Waals surface area contributed by atoms with Crippen LogP contribution in [0, 0.1) is 6.92 Å². The summed E-state index contributed by atoms with van der Waals surface area (Å²) < 4.78 is 1.76. The number of carbonyl (C=O) groups excluding carboxylic acids is 3. The molecule has 1 aromatic rings. The van der Waals surface area contributed by atoms with E-state index in [9.17, 15) is 19.2 Å². The zero-order valence-corrected chi connectivity index (χ0v) is 14.7. The number of nitrogens with one attached hydrogen (secondary N) is 2. The third-order valence-electron chi connectivity index (χ3n) is 5.61. The molecule has 0 aliphatic carbocycles. The van der Waals surface area contributed by atoms with Crippen LogP contribution < -0.4 is 16.2 Å². The minimum absolute atomic E-state index is 0.131. The quantitative estimate of drug-likeness (QED) is 0.716. The minimum Gasteiger partial charge on any atom is -0.322 e. The monoisotopic (exact) mass is 358 g/mol. The summed E-state index contributed by atoms with van der Waals surface area (Å²) in [5.41, 5.74) is 1.52. The Morgan fingerprint density at radius 1 is 1.08 bits per heavy atom. The molecule has 0 spiro atoms. The van der Waals surface area contributed by atoms with Gasteiger partial charge in [-0.25, -0.2) is 0 Å². The van der Waals surface area contributed by atoms with Crippen molar-refractivity contribution in [3.8, 4) is 0 Å². The fraction of sp³-hybridized carbons (Fsp3) is 0.556. The van der Waals surface area contributed by atoms with E-state index in [0.29, 0.717) is 17.5 Å². The van der Waals surface area contributed by atoms with E-state index in [1.54, 1.807) is 10.8 Å². The highest BCUT2D eigenvalue weighted by Gasteiger charge is 2.41. The molecule has 26 heavy (non-hydrogen) atoms. The van der Waals surface area contributed by atoms with Gasteiger partial charge >= 0.3 is 0 Å². The number of piperidine rings is 2. The Morgan fingerprint density at radius 2 is 1.81 bits per heavy atom. The van der Waals surface area contributed by atoms with Crippen LogP contribution in [-0.4, -0.2) is 46.3 Å². The van der Waals surface area contributed by atoms with Crippen LogP contribution in [0.25, 0.3) is 0 Å². The second-order valence-electron chi connectivity index (χ2n) is 7.26. The van der Waals surface area contributed by atoms with Crippen molar-refractivity contribution in [2.24, 2.45) is 0 Å². The van der Waals surface area contributed by atoms with Gasteiger partial charge in [-0.05, 0) is 44.8 Å². The van der Waals surface area contributed by atoms with Gasteiger partial charge in [-0.2, -0.15) is 0 Å². The molecule has 138 valence electrons. The van der Waals surface area contributed by atoms with Crippen molar-refractivity contribution in [2.45, 2.75) is 51.2 Å². The van der Waals surface area contributed by atoms with E-state index in [0.717, 1.165) is 31.5 Å². The standard InChI is InChI=1S/C18H22N4O4/c1-10-8-21(11-4-6-19-7-5-11)17(25)12-9-22(18(26)15(10)12)13-2-3-14(23)20-16(13)24/h8,11,13,19H,2-7,9H2,1H3,(H,20,23,24)/t13-/m1/s1. The van der Waals surface area contributed by atoms with Crippen molar-refractivity contribution in [1.82, 2.24) is 20.1 Å². The summed E-state index contributed by atoms with van der Waals surface area (Å²) in [6.07, 6.45) is 4.04. The van der Waals surface area contributed by atoms with E-state index in [-0.39, 0.29) is 36.4 Å². The van der Waals surface area contributed by atoms with E-state index < -0.39 is 11.9 Å². The zero-order chi connectivity index (χ0) is 18.4. The van der Waals surface area contributed by atoms with Crippen molar-refractivity contribution in [1.29, 1.82) is 0 Å². The van der Waals surface area contributed by atoms with Gasteiger partial charge in [-0.1, -0.05) is 0 Å². The predicted molar refractivity (Wildman–Crippen MR) is 92.6 cm³/mol. The Kier molecular flexibility index (Phi) is 4.14. The predicted octanol–water partition coefficient (Wildman–Crippen LogP) is -0.158. The number of fused-ring (bicyclic) bond motifs is 1. The molecule has 8 nitrogen and oxygen atoms in total. The largest absolute Gasteiger partial charge is 0.322 e. The number of rotatable bonds is 2. The molecule has 3 aliphatic heterocycles. The van der Waals surface area contributed by atoms with E-state index >= 15 is 0 Å². The molecule has 0 aromatic carbocycles. The van der Waals surface area contributed by atoms with E-state index in [2.05, 4.69) is 10.6 Å². The number of nitrogens with zero attached hydrogens (tertiary/aromatic N) is 2. The molecule has 1 atom stereocenters. The molecule has 3 aliphatic rings. The van der Waals surface area contributed by atoms with Crippen molar-refractivity contribution in [3.05, 3.63) is 33.2 Å². The van der Waals surface area contributed by atoms with E-state index in [1.807, 2.05) is 6.92 Å². The summed E-state index contributed by atoms with van der Waals surface area (Å²) in [6.45, 7) is 3.71. The van der Waals surface area contributed by atoms with E-state index in [4.69, 9.17) is 0 Å². The highest BCUT2D eigenvalue weighted by molar-refractivity contribution is 6.05. The highest BCUT2D eigenvalue weighted by Crippen LogP contribution is 2.29. The van der Waals surface area contributed by atoms with Gasteiger partial charge in [-0.3, -0.25) is 24.5 Å². The Hall–Kier alpha value is -2.48. The number of pyridine rings is 1. The molecule has 0 saturated carbocycles. The fourth-order valence-electron chi connectivity index (χ4n) is 4.25. The summed E-state index contributed by atoms with van der Waals surface area (Å²) in [7, 11) is 0. The fourth-order valence-corrected chi connectivity index (χ4v) is 4.25. The van der Waals surface area contributed by atoms with Gasteiger partial charge < -0.3 is 14.8 Å². The number of amides is 3. The molecule has 1 aromatic heterocycles. The van der Waals surface area contributed by atoms with Gasteiger partial charge in [0.25, 0.3) is 11.5 Å². The first-order valence-electron chi connectivity index (χ1n) is 9.07. The third-order valence-corrected chi connectivity index (χ3v) is 5.61. The normalized spacial score (nSPS) is 24.0. The van der Waals surface area contributed by atoms with E-state index in [1.165, 1.54) is 4.90 Å². The maximum Gasteiger partial charge on any atom is 0.256 e. The Balaban J connectivity index is 1.68. The van der Waals surface area contributed by atoms with Gasteiger partial charge in [0.05, 0.1) is 12.1 Å². The van der Waals surface area contributed by atoms with Crippen LogP contribution in [0.1, 0.15) is 53.2 Å². The third kappa shape index (κ3) is 2.65. The first-order chi connectivity index (χ1) is 12.5. The van der Waals surface area contributed by atoms with Crippen LogP contribution in [0.5, 0.6) is 0 Å². The molecular formula is C18H22N4O4. The van der Waals surface area contributed by atoms with Crippen LogP contribution in [0.15, 0.2) is 11.0 Å². The number of hydrogen-bond acceptors (Lipinski definition) is 5.